The average Bonchev–Trinajstić information content (AvgIpc) is 2.82. The van der Waals surface area contributed by atoms with Crippen LogP contribution in [-0.4, -0.2) is 26.8 Å². The summed E-state index contributed by atoms with van der Waals surface area (Å²) in [5.74, 6) is -0.101. The van der Waals surface area contributed by atoms with Gasteiger partial charge >= 0.3 is 5.97 Å². The van der Waals surface area contributed by atoms with Gasteiger partial charge in [0.1, 0.15) is 12.4 Å². The van der Waals surface area contributed by atoms with Crippen molar-refractivity contribution in [3.63, 3.8) is 0 Å². The molecule has 132 valence electrons. The number of carbonyl (C=O) groups is 2. The number of fused-ring (bicyclic) bond motifs is 1. The molecule has 0 aliphatic carbocycles. The highest BCUT2D eigenvalue weighted by Gasteiger charge is 2.32. The molecule has 25 heavy (non-hydrogen) atoms. The Morgan fingerprint density at radius 2 is 2.04 bits per heavy atom. The van der Waals surface area contributed by atoms with E-state index >= 15 is 0 Å². The van der Waals surface area contributed by atoms with E-state index in [9.17, 15) is 9.59 Å². The van der Waals surface area contributed by atoms with Gasteiger partial charge in [-0.05, 0) is 30.4 Å². The van der Waals surface area contributed by atoms with Crippen LogP contribution in [0.2, 0.25) is 0 Å². The lowest BCUT2D eigenvalue weighted by atomic mass is 9.85. The van der Waals surface area contributed by atoms with Crippen molar-refractivity contribution in [3.05, 3.63) is 46.6 Å². The van der Waals surface area contributed by atoms with Crippen molar-refractivity contribution in [2.24, 2.45) is 5.92 Å². The number of carboxylic acids is 1. The molecule has 2 aromatic rings. The average molecular weight is 341 g/mol. The van der Waals surface area contributed by atoms with Gasteiger partial charge in [0.05, 0.1) is 5.69 Å². The van der Waals surface area contributed by atoms with E-state index in [-0.39, 0.29) is 18.4 Å². The van der Waals surface area contributed by atoms with Gasteiger partial charge in [0.2, 0.25) is 5.91 Å². The van der Waals surface area contributed by atoms with Gasteiger partial charge in [-0.15, -0.1) is 0 Å². The second-order valence-corrected chi connectivity index (χ2v) is 7.04. The summed E-state index contributed by atoms with van der Waals surface area (Å²) < 4.78 is 1.37. The molecule has 0 saturated heterocycles. The molecule has 1 aliphatic heterocycles. The van der Waals surface area contributed by atoms with Crippen molar-refractivity contribution in [3.8, 4) is 0 Å². The summed E-state index contributed by atoms with van der Waals surface area (Å²) in [7, 11) is 0. The van der Waals surface area contributed by atoms with Crippen molar-refractivity contribution in [2.45, 2.75) is 46.1 Å². The van der Waals surface area contributed by atoms with E-state index in [0.717, 1.165) is 23.2 Å². The molecule has 6 heteroatoms. The fraction of sp³-hybridized carbons (Fsp3) is 0.421. The Hall–Kier alpha value is -2.63. The number of aryl methyl sites for hydroxylation is 1. The molecule has 0 radical (unpaired) electrons. The maximum atomic E-state index is 12.2. The number of amides is 1. The van der Waals surface area contributed by atoms with Crippen LogP contribution in [0.5, 0.6) is 0 Å². The molecule has 1 aromatic heterocycles. The van der Waals surface area contributed by atoms with Gasteiger partial charge in [-0.2, -0.15) is 5.10 Å². The number of benzene rings is 1. The van der Waals surface area contributed by atoms with Crippen LogP contribution < -0.4 is 5.32 Å². The van der Waals surface area contributed by atoms with Crippen LogP contribution in [0, 0.1) is 12.8 Å². The van der Waals surface area contributed by atoms with E-state index in [0.29, 0.717) is 18.2 Å². The molecule has 2 N–H and O–H groups in total. The van der Waals surface area contributed by atoms with Crippen LogP contribution in [0.1, 0.15) is 48.6 Å². The Bertz CT molecular complexity index is 806. The van der Waals surface area contributed by atoms with Crippen molar-refractivity contribution in [2.75, 3.05) is 5.32 Å². The summed E-state index contributed by atoms with van der Waals surface area (Å²) >= 11 is 0. The van der Waals surface area contributed by atoms with Crippen LogP contribution in [0.4, 0.5) is 5.82 Å². The molecule has 0 spiro atoms. The zero-order valence-electron chi connectivity index (χ0n) is 14.7. The van der Waals surface area contributed by atoms with E-state index in [1.54, 1.807) is 0 Å². The summed E-state index contributed by atoms with van der Waals surface area (Å²) in [6, 6.07) is 8.36. The highest BCUT2D eigenvalue weighted by atomic mass is 16.4. The highest BCUT2D eigenvalue weighted by Crippen LogP contribution is 2.39. The maximum Gasteiger partial charge on any atom is 0.325 e. The van der Waals surface area contributed by atoms with E-state index in [1.165, 1.54) is 10.2 Å². The molecule has 0 unspecified atom stereocenters. The van der Waals surface area contributed by atoms with Crippen molar-refractivity contribution >= 4 is 17.7 Å². The molecule has 0 bridgehead atoms. The molecule has 1 amide bonds. The molecule has 1 aromatic carbocycles. The fourth-order valence-corrected chi connectivity index (χ4v) is 3.50. The highest BCUT2D eigenvalue weighted by molar-refractivity contribution is 5.94. The van der Waals surface area contributed by atoms with E-state index in [1.807, 2.05) is 6.92 Å². The van der Waals surface area contributed by atoms with E-state index in [2.05, 4.69) is 48.5 Å². The number of carbonyl (C=O) groups excluding carboxylic acids is 1. The van der Waals surface area contributed by atoms with Crippen LogP contribution in [0.25, 0.3) is 0 Å². The van der Waals surface area contributed by atoms with Crippen LogP contribution >= 0.6 is 0 Å². The number of carboxylic acid groups (broad SMARTS) is 1. The smallest absolute Gasteiger partial charge is 0.325 e. The lowest BCUT2D eigenvalue weighted by Crippen LogP contribution is -2.26. The Balaban J connectivity index is 1.97. The molecule has 2 heterocycles. The quantitative estimate of drug-likeness (QED) is 0.876. The first-order valence-electron chi connectivity index (χ1n) is 8.53. The summed E-state index contributed by atoms with van der Waals surface area (Å²) in [4.78, 5) is 23.2. The van der Waals surface area contributed by atoms with Crippen molar-refractivity contribution in [1.82, 2.24) is 9.78 Å². The zero-order valence-corrected chi connectivity index (χ0v) is 14.7. The van der Waals surface area contributed by atoms with Gasteiger partial charge in [0.15, 0.2) is 0 Å². The van der Waals surface area contributed by atoms with E-state index < -0.39 is 5.97 Å². The first-order valence-corrected chi connectivity index (χ1v) is 8.53. The monoisotopic (exact) mass is 341 g/mol. The molecule has 1 aliphatic rings. The van der Waals surface area contributed by atoms with Gasteiger partial charge in [0, 0.05) is 17.9 Å². The Morgan fingerprint density at radius 3 is 2.64 bits per heavy atom. The Kier molecular flexibility index (Phi) is 4.61. The number of anilines is 1. The number of hydrogen-bond donors (Lipinski definition) is 2. The normalized spacial score (nSPS) is 16.6. The van der Waals surface area contributed by atoms with Crippen LogP contribution in [0.3, 0.4) is 0 Å². The third kappa shape index (κ3) is 3.57. The van der Waals surface area contributed by atoms with Gasteiger partial charge in [-0.3, -0.25) is 9.59 Å². The summed E-state index contributed by atoms with van der Waals surface area (Å²) in [6.45, 7) is 5.96. The van der Waals surface area contributed by atoms with Gasteiger partial charge < -0.3 is 10.4 Å². The van der Waals surface area contributed by atoms with Gasteiger partial charge in [0.25, 0.3) is 0 Å². The Labute approximate surface area is 146 Å². The predicted octanol–water partition coefficient (Wildman–Crippen LogP) is 2.95. The number of rotatable bonds is 5. The molecule has 0 saturated carbocycles. The fourth-order valence-electron chi connectivity index (χ4n) is 3.50. The second-order valence-electron chi connectivity index (χ2n) is 7.04. The summed E-state index contributed by atoms with van der Waals surface area (Å²) in [5, 5.41) is 16.2. The topological polar surface area (TPSA) is 84.2 Å². The number of aliphatic carboxylic acids is 1. The largest absolute Gasteiger partial charge is 0.480 e. The van der Waals surface area contributed by atoms with Crippen molar-refractivity contribution < 1.29 is 14.7 Å². The van der Waals surface area contributed by atoms with Gasteiger partial charge in [-0.25, -0.2) is 4.68 Å². The van der Waals surface area contributed by atoms with Crippen LogP contribution in [-0.2, 0) is 22.6 Å². The molecular weight excluding hydrogens is 318 g/mol. The minimum absolute atomic E-state index is 0.0978. The molecule has 6 nitrogen and oxygen atoms in total. The summed E-state index contributed by atoms with van der Waals surface area (Å²) in [5.41, 5.74) is 4.00. The number of hydrogen-bond acceptors (Lipinski definition) is 3. The number of nitrogens with zero attached hydrogens (tertiary/aromatic N) is 2. The first-order chi connectivity index (χ1) is 11.8. The lowest BCUT2D eigenvalue weighted by Gasteiger charge is -2.24. The minimum atomic E-state index is -0.986. The third-order valence-electron chi connectivity index (χ3n) is 4.48. The zero-order chi connectivity index (χ0) is 18.1. The van der Waals surface area contributed by atoms with Gasteiger partial charge in [-0.1, -0.05) is 38.1 Å². The predicted molar refractivity (Wildman–Crippen MR) is 94.7 cm³/mol. The Morgan fingerprint density at radius 1 is 1.36 bits per heavy atom. The van der Waals surface area contributed by atoms with Crippen LogP contribution in [0.15, 0.2) is 24.3 Å². The standard InChI is InChI=1S/C19H23N3O3/c1-11(2)8-13-4-6-14(7-5-13)15-9-16(23)20-19-18(15)12(3)21-22(19)10-17(24)25/h4-7,11,15H,8-10H2,1-3H3,(H,20,23)(H,24,25)/t15-/m1/s1. The number of nitrogens with one attached hydrogen (secondary N) is 1. The minimum Gasteiger partial charge on any atom is -0.480 e. The van der Waals surface area contributed by atoms with E-state index in [4.69, 9.17) is 5.11 Å². The molecular formula is C19H23N3O3. The SMILES string of the molecule is Cc1nn(CC(=O)O)c2c1[C@@H](c1ccc(CC(C)C)cc1)CC(=O)N2. The third-order valence-corrected chi connectivity index (χ3v) is 4.48. The second kappa shape index (κ2) is 6.70. The first kappa shape index (κ1) is 17.2. The summed E-state index contributed by atoms with van der Waals surface area (Å²) in [6.07, 6.45) is 1.36. The molecule has 1 atom stereocenters. The molecule has 3 rings (SSSR count). The maximum absolute atomic E-state index is 12.2. The number of aromatic nitrogens is 2. The molecule has 0 fully saturated rings. The van der Waals surface area contributed by atoms with Crippen molar-refractivity contribution in [1.29, 1.82) is 0 Å². The lowest BCUT2D eigenvalue weighted by molar-refractivity contribution is -0.137.